The maximum atomic E-state index is 12.6. The molecule has 0 unspecified atom stereocenters. The van der Waals surface area contributed by atoms with Crippen molar-refractivity contribution in [2.75, 3.05) is 0 Å². The van der Waals surface area contributed by atoms with Gasteiger partial charge in [-0.3, -0.25) is 4.79 Å². The van der Waals surface area contributed by atoms with Gasteiger partial charge in [-0.1, -0.05) is 54.6 Å². The first-order valence-electron chi connectivity index (χ1n) is 11.6. The number of oxazole rings is 1. The molecule has 0 amide bonds. The van der Waals surface area contributed by atoms with Gasteiger partial charge >= 0.3 is 0 Å². The third-order valence-electron chi connectivity index (χ3n) is 5.73. The molecule has 2 heterocycles. The Bertz CT molecular complexity index is 1360. The van der Waals surface area contributed by atoms with Gasteiger partial charge in [0.2, 0.25) is 5.89 Å². The summed E-state index contributed by atoms with van der Waals surface area (Å²) in [5, 5.41) is 0. The summed E-state index contributed by atoms with van der Waals surface area (Å²) in [6.45, 7) is 1.27. The van der Waals surface area contributed by atoms with Crippen molar-refractivity contribution in [1.82, 2.24) is 14.5 Å². The molecule has 0 saturated heterocycles. The Morgan fingerprint density at radius 1 is 0.914 bits per heavy atom. The summed E-state index contributed by atoms with van der Waals surface area (Å²) in [7, 11) is 0. The fourth-order valence-electron chi connectivity index (χ4n) is 3.82. The number of hydrogen-bond acceptors (Lipinski definition) is 5. The molecule has 0 N–H and O–H groups in total. The van der Waals surface area contributed by atoms with Crippen LogP contribution >= 0.6 is 0 Å². The minimum Gasteiger partial charge on any atom is -0.487 e. The average molecular weight is 464 g/mol. The minimum absolute atomic E-state index is 0.0112. The van der Waals surface area contributed by atoms with Crippen molar-refractivity contribution in [2.45, 2.75) is 26.0 Å². The molecule has 6 heteroatoms. The number of aromatic nitrogens is 3. The normalized spacial score (nSPS) is 10.9. The summed E-state index contributed by atoms with van der Waals surface area (Å²) < 4.78 is 13.6. The Kier molecular flexibility index (Phi) is 6.80. The zero-order valence-corrected chi connectivity index (χ0v) is 19.2. The van der Waals surface area contributed by atoms with Gasteiger partial charge in [0.25, 0.3) is 0 Å². The number of benzene rings is 3. The molecule has 0 aliphatic rings. The van der Waals surface area contributed by atoms with E-state index in [1.807, 2.05) is 67.1 Å². The topological polar surface area (TPSA) is 70.2 Å². The molecule has 174 valence electrons. The van der Waals surface area contributed by atoms with Crippen molar-refractivity contribution in [3.8, 4) is 17.2 Å². The maximum Gasteiger partial charge on any atom is 0.226 e. The van der Waals surface area contributed by atoms with Crippen molar-refractivity contribution < 1.29 is 13.9 Å². The Balaban J connectivity index is 1.13. The summed E-state index contributed by atoms with van der Waals surface area (Å²) >= 11 is 0. The summed E-state index contributed by atoms with van der Waals surface area (Å²) in [4.78, 5) is 21.2. The molecule has 35 heavy (non-hydrogen) atoms. The average Bonchev–Trinajstić information content (AvgIpc) is 3.61. The van der Waals surface area contributed by atoms with Gasteiger partial charge in [-0.15, -0.1) is 0 Å². The highest BCUT2D eigenvalue weighted by molar-refractivity contribution is 6.09. The van der Waals surface area contributed by atoms with Crippen LogP contribution < -0.4 is 4.74 Å². The number of nitrogens with zero attached hydrogens (tertiary/aromatic N) is 3. The second-order valence-corrected chi connectivity index (χ2v) is 8.25. The van der Waals surface area contributed by atoms with E-state index < -0.39 is 0 Å². The van der Waals surface area contributed by atoms with Crippen molar-refractivity contribution in [2.24, 2.45) is 0 Å². The van der Waals surface area contributed by atoms with Gasteiger partial charge in [0.05, 0.1) is 6.33 Å². The third kappa shape index (κ3) is 5.73. The Morgan fingerprint density at radius 3 is 2.43 bits per heavy atom. The highest BCUT2D eigenvalue weighted by Gasteiger charge is 2.11. The molecule has 0 aliphatic heterocycles. The second kappa shape index (κ2) is 10.7. The highest BCUT2D eigenvalue weighted by Crippen LogP contribution is 2.22. The molecule has 5 aromatic rings. The number of aryl methyl sites for hydroxylation is 2. The van der Waals surface area contributed by atoms with E-state index in [-0.39, 0.29) is 5.78 Å². The van der Waals surface area contributed by atoms with Gasteiger partial charge in [0.1, 0.15) is 24.3 Å². The van der Waals surface area contributed by atoms with E-state index in [1.165, 1.54) is 5.56 Å². The quantitative estimate of drug-likeness (QED) is 0.238. The van der Waals surface area contributed by atoms with E-state index in [0.29, 0.717) is 29.3 Å². The molecule has 0 aliphatic carbocycles. The van der Waals surface area contributed by atoms with Crippen LogP contribution in [0.25, 0.3) is 11.5 Å². The molecule has 0 atom stereocenters. The van der Waals surface area contributed by atoms with Crippen LogP contribution in [0.3, 0.4) is 0 Å². The maximum absolute atomic E-state index is 12.6. The summed E-state index contributed by atoms with van der Waals surface area (Å²) in [5.74, 6) is 1.27. The van der Waals surface area contributed by atoms with Crippen LogP contribution in [-0.4, -0.2) is 20.3 Å². The second-order valence-electron chi connectivity index (χ2n) is 8.25. The molecule has 0 saturated carbocycles. The lowest BCUT2D eigenvalue weighted by Crippen LogP contribution is -2.00. The number of ketones is 1. The first-order valence-corrected chi connectivity index (χ1v) is 11.6. The highest BCUT2D eigenvalue weighted by atomic mass is 16.5. The third-order valence-corrected chi connectivity index (χ3v) is 5.73. The molecular formula is C29H25N3O3. The molecule has 0 radical (unpaired) electrons. The van der Waals surface area contributed by atoms with Crippen LogP contribution in [0.15, 0.2) is 108 Å². The summed E-state index contributed by atoms with van der Waals surface area (Å²) in [5.41, 5.74) is 4.07. The van der Waals surface area contributed by atoms with Crippen LogP contribution in [0, 0.1) is 0 Å². The van der Waals surface area contributed by atoms with Gasteiger partial charge < -0.3 is 13.7 Å². The first-order chi connectivity index (χ1) is 17.2. The van der Waals surface area contributed by atoms with E-state index in [4.69, 9.17) is 9.15 Å². The predicted molar refractivity (Wildman–Crippen MR) is 133 cm³/mol. The van der Waals surface area contributed by atoms with E-state index in [0.717, 1.165) is 30.7 Å². The van der Waals surface area contributed by atoms with Gasteiger partial charge in [-0.05, 0) is 42.7 Å². The number of ether oxygens (including phenoxy) is 1. The Hall–Kier alpha value is -4.45. The molecule has 6 nitrogen and oxygen atoms in total. The van der Waals surface area contributed by atoms with E-state index in [1.54, 1.807) is 24.6 Å². The standard InChI is InChI=1S/C29H25N3O3/c33-28(23-6-2-1-3-7-23)24-10-12-25(13-11-24)29-31-26(20-35-29)19-34-27-14-8-22(9-15-27)5-4-17-32-18-16-30-21-32/h1-3,6-16,18,20-21H,4-5,17,19H2. The molecule has 0 fully saturated rings. The molecule has 0 bridgehead atoms. The van der Waals surface area contributed by atoms with Crippen molar-refractivity contribution in [3.63, 3.8) is 0 Å². The number of imidazole rings is 1. The molecule has 3 aromatic carbocycles. The lowest BCUT2D eigenvalue weighted by molar-refractivity contribution is 0.103. The lowest BCUT2D eigenvalue weighted by atomic mass is 10.0. The van der Waals surface area contributed by atoms with Crippen LogP contribution in [0.2, 0.25) is 0 Å². The monoisotopic (exact) mass is 463 g/mol. The van der Waals surface area contributed by atoms with Crippen molar-refractivity contribution in [1.29, 1.82) is 0 Å². The predicted octanol–water partition coefficient (Wildman–Crippen LogP) is 5.98. The number of carbonyl (C=O) groups is 1. The fraction of sp³-hybridized carbons (Fsp3) is 0.138. The lowest BCUT2D eigenvalue weighted by Gasteiger charge is -2.06. The van der Waals surface area contributed by atoms with E-state index in [2.05, 4.69) is 26.7 Å². The van der Waals surface area contributed by atoms with Gasteiger partial charge in [-0.2, -0.15) is 0 Å². The van der Waals surface area contributed by atoms with Gasteiger partial charge in [0, 0.05) is 35.6 Å². The smallest absolute Gasteiger partial charge is 0.226 e. The minimum atomic E-state index is -0.0112. The SMILES string of the molecule is O=C(c1ccccc1)c1ccc(-c2nc(COc3ccc(CCCn4ccnc4)cc3)co2)cc1. The van der Waals surface area contributed by atoms with Gasteiger partial charge in [0.15, 0.2) is 5.78 Å². The summed E-state index contributed by atoms with van der Waals surface area (Å²) in [6, 6.07) is 24.7. The van der Waals surface area contributed by atoms with Crippen LogP contribution in [0.1, 0.15) is 33.6 Å². The molecule has 0 spiro atoms. The summed E-state index contributed by atoms with van der Waals surface area (Å²) in [6.07, 6.45) is 9.28. The molecule has 5 rings (SSSR count). The first kappa shape index (κ1) is 22.3. The van der Waals surface area contributed by atoms with Crippen LogP contribution in [0.4, 0.5) is 0 Å². The van der Waals surface area contributed by atoms with E-state index in [9.17, 15) is 4.79 Å². The molecule has 2 aromatic heterocycles. The van der Waals surface area contributed by atoms with Crippen LogP contribution in [0.5, 0.6) is 5.75 Å². The Labute approximate surface area is 203 Å². The zero-order valence-electron chi connectivity index (χ0n) is 19.2. The van der Waals surface area contributed by atoms with Crippen molar-refractivity contribution >= 4 is 5.78 Å². The Morgan fingerprint density at radius 2 is 1.69 bits per heavy atom. The number of rotatable bonds is 10. The van der Waals surface area contributed by atoms with E-state index >= 15 is 0 Å². The van der Waals surface area contributed by atoms with Crippen LogP contribution in [-0.2, 0) is 19.6 Å². The zero-order chi connectivity index (χ0) is 23.9. The largest absolute Gasteiger partial charge is 0.487 e. The van der Waals surface area contributed by atoms with Crippen molar-refractivity contribution in [3.05, 3.63) is 126 Å². The van der Waals surface area contributed by atoms with Gasteiger partial charge in [-0.25, -0.2) is 9.97 Å². The fourth-order valence-corrected chi connectivity index (χ4v) is 3.82. The molecular weight excluding hydrogens is 438 g/mol. The number of carbonyl (C=O) groups excluding carboxylic acids is 1. The number of hydrogen-bond donors (Lipinski definition) is 0.